The van der Waals surface area contributed by atoms with Crippen molar-refractivity contribution in [2.45, 2.75) is 32.9 Å². The first kappa shape index (κ1) is 13.2. The third-order valence-corrected chi connectivity index (χ3v) is 5.42. The van der Waals surface area contributed by atoms with E-state index in [4.69, 9.17) is 11.6 Å². The minimum Gasteiger partial charge on any atom is -0.292 e. The van der Waals surface area contributed by atoms with Crippen molar-refractivity contribution in [3.63, 3.8) is 0 Å². The van der Waals surface area contributed by atoms with Gasteiger partial charge in [-0.3, -0.25) is 4.90 Å². The Morgan fingerprint density at radius 1 is 1.32 bits per heavy atom. The number of nitrogens with zero attached hydrogens (tertiary/aromatic N) is 1. The van der Waals surface area contributed by atoms with E-state index in [2.05, 4.69) is 36.9 Å². The van der Waals surface area contributed by atoms with Crippen LogP contribution in [0.25, 0.3) is 0 Å². The van der Waals surface area contributed by atoms with Gasteiger partial charge in [0.1, 0.15) is 0 Å². The molecule has 19 heavy (non-hydrogen) atoms. The van der Waals surface area contributed by atoms with Crippen molar-refractivity contribution >= 4 is 22.9 Å². The molecule has 0 saturated heterocycles. The summed E-state index contributed by atoms with van der Waals surface area (Å²) in [5.41, 5.74) is 2.74. The van der Waals surface area contributed by atoms with Gasteiger partial charge < -0.3 is 0 Å². The van der Waals surface area contributed by atoms with Gasteiger partial charge in [-0.2, -0.15) is 0 Å². The molecule has 2 heterocycles. The number of fused-ring (bicyclic) bond motifs is 1. The van der Waals surface area contributed by atoms with Gasteiger partial charge in [0.25, 0.3) is 0 Å². The Labute approximate surface area is 123 Å². The van der Waals surface area contributed by atoms with Crippen LogP contribution in [0.3, 0.4) is 0 Å². The van der Waals surface area contributed by atoms with E-state index in [0.29, 0.717) is 6.04 Å². The van der Waals surface area contributed by atoms with Gasteiger partial charge >= 0.3 is 0 Å². The van der Waals surface area contributed by atoms with Crippen LogP contribution in [0.5, 0.6) is 0 Å². The summed E-state index contributed by atoms with van der Waals surface area (Å²) in [5, 5.41) is 0.877. The Bertz CT molecular complexity index is 590. The fraction of sp³-hybridized carbons (Fsp3) is 0.375. The Hall–Kier alpha value is -0.830. The molecule has 100 valence electrons. The van der Waals surface area contributed by atoms with Crippen molar-refractivity contribution in [2.75, 3.05) is 6.54 Å². The molecule has 1 aromatic heterocycles. The maximum atomic E-state index is 6.32. The highest BCUT2D eigenvalue weighted by Crippen LogP contribution is 2.33. The summed E-state index contributed by atoms with van der Waals surface area (Å²) in [6.07, 6.45) is 1.17. The van der Waals surface area contributed by atoms with E-state index in [9.17, 15) is 0 Å². The highest BCUT2D eigenvalue weighted by Gasteiger charge is 2.24. The predicted octanol–water partition coefficient (Wildman–Crippen LogP) is 4.83. The molecule has 1 aromatic carbocycles. The first-order valence-electron chi connectivity index (χ1n) is 6.72. The van der Waals surface area contributed by atoms with Crippen molar-refractivity contribution in [2.24, 2.45) is 0 Å². The van der Waals surface area contributed by atoms with Gasteiger partial charge in [0, 0.05) is 33.9 Å². The summed E-state index contributed by atoms with van der Waals surface area (Å²) >= 11 is 8.27. The number of rotatable bonds is 2. The maximum absolute atomic E-state index is 6.32. The predicted molar refractivity (Wildman–Crippen MR) is 83.0 cm³/mol. The summed E-state index contributed by atoms with van der Waals surface area (Å²) in [4.78, 5) is 5.52. The molecule has 2 aromatic rings. The lowest BCUT2D eigenvalue weighted by molar-refractivity contribution is 0.194. The quantitative estimate of drug-likeness (QED) is 0.766. The fourth-order valence-corrected chi connectivity index (χ4v) is 4.18. The fourth-order valence-electron chi connectivity index (χ4n) is 2.84. The van der Waals surface area contributed by atoms with E-state index in [1.54, 1.807) is 4.88 Å². The lowest BCUT2D eigenvalue weighted by Crippen LogP contribution is -2.32. The number of thiophene rings is 1. The second kappa shape index (κ2) is 5.28. The van der Waals surface area contributed by atoms with E-state index in [1.165, 1.54) is 22.4 Å². The zero-order chi connectivity index (χ0) is 13.4. The molecule has 0 amide bonds. The van der Waals surface area contributed by atoms with E-state index in [0.717, 1.165) is 18.1 Å². The zero-order valence-electron chi connectivity index (χ0n) is 11.3. The molecule has 3 rings (SSSR count). The van der Waals surface area contributed by atoms with Crippen molar-refractivity contribution in [1.82, 2.24) is 4.90 Å². The topological polar surface area (TPSA) is 3.24 Å². The van der Waals surface area contributed by atoms with Crippen LogP contribution in [-0.2, 0) is 13.0 Å². The van der Waals surface area contributed by atoms with E-state index >= 15 is 0 Å². The molecule has 0 spiro atoms. The van der Waals surface area contributed by atoms with Crippen molar-refractivity contribution in [1.29, 1.82) is 0 Å². The number of hydrogen-bond acceptors (Lipinski definition) is 2. The molecule has 3 heteroatoms. The van der Waals surface area contributed by atoms with Crippen LogP contribution < -0.4 is 0 Å². The maximum Gasteiger partial charge on any atom is 0.0453 e. The third-order valence-electron chi connectivity index (χ3n) is 3.92. The molecular weight excluding hydrogens is 274 g/mol. The molecule has 0 N–H and O–H groups in total. The lowest BCUT2D eigenvalue weighted by Gasteiger charge is -2.33. The highest BCUT2D eigenvalue weighted by atomic mass is 35.5. The Kier molecular flexibility index (Phi) is 3.66. The molecule has 0 radical (unpaired) electrons. The second-order valence-corrected chi connectivity index (χ2v) is 6.97. The van der Waals surface area contributed by atoms with Crippen LogP contribution in [0.1, 0.15) is 33.8 Å². The Balaban J connectivity index is 1.83. The summed E-state index contributed by atoms with van der Waals surface area (Å²) in [5.74, 6) is 0. The van der Waals surface area contributed by atoms with Gasteiger partial charge in [-0.15, -0.1) is 11.3 Å². The minimum absolute atomic E-state index is 0.377. The van der Waals surface area contributed by atoms with Gasteiger partial charge in [-0.1, -0.05) is 29.8 Å². The zero-order valence-corrected chi connectivity index (χ0v) is 12.9. The molecule has 1 nitrogen and oxygen atoms in total. The van der Waals surface area contributed by atoms with E-state index in [1.807, 2.05) is 23.5 Å². The lowest BCUT2D eigenvalue weighted by atomic mass is 10.0. The molecule has 1 atom stereocenters. The van der Waals surface area contributed by atoms with Crippen molar-refractivity contribution < 1.29 is 0 Å². The summed E-state index contributed by atoms with van der Waals surface area (Å²) in [6.45, 7) is 6.63. The molecule has 0 aliphatic carbocycles. The van der Waals surface area contributed by atoms with Crippen molar-refractivity contribution in [3.05, 3.63) is 56.2 Å². The van der Waals surface area contributed by atoms with Crippen LogP contribution >= 0.6 is 22.9 Å². The first-order chi connectivity index (χ1) is 9.15. The SMILES string of the molecule is Cc1cc2c(s1)CCN([C@H](C)c1ccccc1Cl)C2. The molecule has 1 aliphatic rings. The molecule has 0 unspecified atom stereocenters. The van der Waals surface area contributed by atoms with Gasteiger partial charge in [0.15, 0.2) is 0 Å². The summed E-state index contributed by atoms with van der Waals surface area (Å²) < 4.78 is 0. The van der Waals surface area contributed by atoms with Crippen LogP contribution in [0.15, 0.2) is 30.3 Å². The highest BCUT2D eigenvalue weighted by molar-refractivity contribution is 7.12. The van der Waals surface area contributed by atoms with Gasteiger partial charge in [-0.05, 0) is 43.5 Å². The minimum atomic E-state index is 0.377. The molecule has 1 aliphatic heterocycles. The average Bonchev–Trinajstić information content (AvgIpc) is 2.77. The molecule has 0 fully saturated rings. The Morgan fingerprint density at radius 3 is 2.89 bits per heavy atom. The molecule has 0 saturated carbocycles. The molecular formula is C16H18ClNS. The van der Waals surface area contributed by atoms with Crippen LogP contribution in [0.4, 0.5) is 0 Å². The van der Waals surface area contributed by atoms with Gasteiger partial charge in [0.2, 0.25) is 0 Å². The number of hydrogen-bond donors (Lipinski definition) is 0. The second-order valence-electron chi connectivity index (χ2n) is 5.22. The average molecular weight is 292 g/mol. The van der Waals surface area contributed by atoms with Crippen LogP contribution in [0, 0.1) is 6.92 Å². The first-order valence-corrected chi connectivity index (χ1v) is 7.91. The summed E-state index contributed by atoms with van der Waals surface area (Å²) in [7, 11) is 0. The van der Waals surface area contributed by atoms with E-state index < -0.39 is 0 Å². The standard InChI is InChI=1S/C16H18ClNS/c1-11-9-13-10-18(8-7-16(13)19-11)12(2)14-5-3-4-6-15(14)17/h3-6,9,12H,7-8,10H2,1-2H3/t12-/m1/s1. The Morgan fingerprint density at radius 2 is 2.11 bits per heavy atom. The van der Waals surface area contributed by atoms with Gasteiger partial charge in [-0.25, -0.2) is 0 Å². The number of aryl methyl sites for hydroxylation is 1. The monoisotopic (exact) mass is 291 g/mol. The summed E-state index contributed by atoms with van der Waals surface area (Å²) in [6, 6.07) is 10.9. The van der Waals surface area contributed by atoms with E-state index in [-0.39, 0.29) is 0 Å². The molecule has 0 bridgehead atoms. The van der Waals surface area contributed by atoms with Gasteiger partial charge in [0.05, 0.1) is 0 Å². The normalized spacial score (nSPS) is 17.2. The largest absolute Gasteiger partial charge is 0.292 e. The van der Waals surface area contributed by atoms with Crippen LogP contribution in [-0.4, -0.2) is 11.4 Å². The van der Waals surface area contributed by atoms with Crippen LogP contribution in [0.2, 0.25) is 5.02 Å². The number of halogens is 1. The smallest absolute Gasteiger partial charge is 0.0453 e. The third kappa shape index (κ3) is 2.58. The number of benzene rings is 1. The van der Waals surface area contributed by atoms with Crippen molar-refractivity contribution in [3.8, 4) is 0 Å².